The number of allylic oxidation sites excluding steroid dienone is 8. The summed E-state index contributed by atoms with van der Waals surface area (Å²) in [6.45, 7) is 12.4. The quantitative estimate of drug-likeness (QED) is 0.0144. The smallest absolute Gasteiger partial charge is 0.306 e. The lowest BCUT2D eigenvalue weighted by atomic mass is 10.1. The number of hydrogen-bond donors (Lipinski definition) is 6. The minimum atomic E-state index is -0.334. The Balaban J connectivity index is -0.000000378. The fourth-order valence-corrected chi connectivity index (χ4v) is 10.0. The van der Waals surface area contributed by atoms with Gasteiger partial charge in [-0.25, -0.2) is 0 Å². The van der Waals surface area contributed by atoms with Gasteiger partial charge in [-0.05, 0) is 167 Å². The Labute approximate surface area is 585 Å². The summed E-state index contributed by atoms with van der Waals surface area (Å²) in [6.07, 6.45) is 73.3. The predicted molar refractivity (Wildman–Crippen MR) is 399 cm³/mol. The average Bonchev–Trinajstić information content (AvgIpc) is 3.68. The summed E-state index contributed by atoms with van der Waals surface area (Å²) in [4.78, 5) is 46.1. The largest absolute Gasteiger partial charge is 0.460 e. The number of aliphatic hydroxyl groups excluding tert-OH is 6. The average molecular weight is 1350 g/mol. The van der Waals surface area contributed by atoms with Crippen LogP contribution in [-0.4, -0.2) is 119 Å². The van der Waals surface area contributed by atoms with E-state index in [0.29, 0.717) is 64.6 Å². The van der Waals surface area contributed by atoms with Gasteiger partial charge in [-0.15, -0.1) is 0 Å². The van der Waals surface area contributed by atoms with Crippen LogP contribution in [0.1, 0.15) is 383 Å². The van der Waals surface area contributed by atoms with E-state index < -0.39 is 0 Å². The molecule has 0 fully saturated rings. The number of ether oxygens (including phenoxy) is 4. The number of unbranched alkanes of at least 4 members (excludes halogenated alkanes) is 36. The van der Waals surface area contributed by atoms with Crippen molar-refractivity contribution in [2.45, 2.75) is 407 Å². The van der Waals surface area contributed by atoms with Crippen LogP contribution in [0.3, 0.4) is 0 Å². The molecule has 564 valence electrons. The molecule has 0 bridgehead atoms. The Bertz CT molecular complexity index is 1520. The molecule has 0 saturated heterocycles. The van der Waals surface area contributed by atoms with Gasteiger partial charge >= 0.3 is 23.9 Å². The molecule has 0 rings (SSSR count). The number of carbonyl (C=O) groups excluding carboxylic acids is 4. The molecule has 0 radical (unpaired) electrons. The lowest BCUT2D eigenvalue weighted by Crippen LogP contribution is -2.20. The molecule has 0 aliphatic carbocycles. The van der Waals surface area contributed by atoms with Gasteiger partial charge in [0, 0.05) is 38.9 Å². The van der Waals surface area contributed by atoms with Crippen LogP contribution in [0.25, 0.3) is 0 Å². The van der Waals surface area contributed by atoms with E-state index in [-0.39, 0.29) is 82.1 Å². The second-order valence-electron chi connectivity index (χ2n) is 25.5. The number of esters is 4. The lowest BCUT2D eigenvalue weighted by Gasteiger charge is -2.12. The first-order valence-electron chi connectivity index (χ1n) is 39.0. The third-order valence-corrected chi connectivity index (χ3v) is 16.5. The van der Waals surface area contributed by atoms with Crippen LogP contribution < -0.4 is 0 Å². The maximum atomic E-state index is 11.5. The standard InChI is InChI=1S/2C20H38O4.2C20H38O3.CH4/c2*1-2-19(18-22)24-20(23)16-14-12-10-8-6-4-3-5-7-9-11-13-15-17-21;2*1-3-5-6-7-8-9-10-11-12-13-14-15-16-17-20(22)23-19(4-2)18-21;/h2*3,5,19,21-22H,2,4,6-18H2,1H3;2*9-10,19,21H,3-8,11-18H2,1-2H3;1H4/b5-3+;5-3-;10-9+;10-9-;. The molecule has 0 aromatic carbocycles. The minimum absolute atomic E-state index is 0. The van der Waals surface area contributed by atoms with Gasteiger partial charge in [-0.1, -0.05) is 239 Å². The van der Waals surface area contributed by atoms with Gasteiger partial charge < -0.3 is 49.6 Å². The molecule has 0 saturated carbocycles. The zero-order valence-corrected chi connectivity index (χ0v) is 61.9. The summed E-state index contributed by atoms with van der Waals surface area (Å²) < 4.78 is 20.6. The SMILES string of the molecule is C.CCC(CO)OC(=O)CCCCCCC/C=C/CCCCCCO.CCC(CO)OC(=O)CCCCCCC/C=C\CCCCCCO.CCCCCC/C=C/CCCCCCCC(=O)OC(CC)CO.CCCCCC/C=C\CCCCCCCC(=O)OC(CC)CO. The normalized spacial score (nSPS) is 12.5. The van der Waals surface area contributed by atoms with Gasteiger partial charge in [0.25, 0.3) is 0 Å². The summed E-state index contributed by atoms with van der Waals surface area (Å²) >= 11 is 0. The Hall–Kier alpha value is -3.40. The first kappa shape index (κ1) is 100. The molecular formula is C81H156O14. The van der Waals surface area contributed by atoms with Crippen molar-refractivity contribution in [3.05, 3.63) is 48.6 Å². The van der Waals surface area contributed by atoms with Crippen LogP contribution in [0.4, 0.5) is 0 Å². The van der Waals surface area contributed by atoms with Gasteiger partial charge in [0.05, 0.1) is 26.4 Å². The van der Waals surface area contributed by atoms with Crippen LogP contribution >= 0.6 is 0 Å². The molecule has 6 N–H and O–H groups in total. The van der Waals surface area contributed by atoms with Gasteiger partial charge in [-0.2, -0.15) is 0 Å². The molecule has 0 aliphatic heterocycles. The maximum Gasteiger partial charge on any atom is 0.306 e. The zero-order valence-electron chi connectivity index (χ0n) is 61.9. The highest BCUT2D eigenvalue weighted by Gasteiger charge is 2.14. The minimum Gasteiger partial charge on any atom is -0.460 e. The van der Waals surface area contributed by atoms with E-state index in [1.54, 1.807) is 0 Å². The maximum absolute atomic E-state index is 11.5. The molecular weight excluding hydrogens is 1200 g/mol. The Morgan fingerprint density at radius 3 is 0.558 bits per heavy atom. The summed E-state index contributed by atoms with van der Waals surface area (Å²) in [5.41, 5.74) is 0. The lowest BCUT2D eigenvalue weighted by molar-refractivity contribution is -0.152. The van der Waals surface area contributed by atoms with E-state index in [1.165, 1.54) is 180 Å². The topological polar surface area (TPSA) is 227 Å². The van der Waals surface area contributed by atoms with E-state index in [2.05, 4.69) is 62.5 Å². The number of hydrogen-bond acceptors (Lipinski definition) is 14. The van der Waals surface area contributed by atoms with Gasteiger partial charge in [0.1, 0.15) is 24.4 Å². The fraction of sp³-hybridized carbons (Fsp3) is 0.852. The fourth-order valence-electron chi connectivity index (χ4n) is 10.0. The molecule has 0 spiro atoms. The third kappa shape index (κ3) is 86.6. The summed E-state index contributed by atoms with van der Waals surface area (Å²) in [7, 11) is 0. The third-order valence-electron chi connectivity index (χ3n) is 16.5. The van der Waals surface area contributed by atoms with Crippen molar-refractivity contribution >= 4 is 23.9 Å². The molecule has 0 heterocycles. The first-order chi connectivity index (χ1) is 46.0. The number of rotatable bonds is 66. The van der Waals surface area contributed by atoms with Crippen molar-refractivity contribution in [1.29, 1.82) is 0 Å². The molecule has 0 amide bonds. The van der Waals surface area contributed by atoms with Crippen molar-refractivity contribution < 1.29 is 68.8 Å². The summed E-state index contributed by atoms with van der Waals surface area (Å²) in [6, 6.07) is 0. The summed E-state index contributed by atoms with van der Waals surface area (Å²) in [5, 5.41) is 53.3. The van der Waals surface area contributed by atoms with Crippen LogP contribution in [0.5, 0.6) is 0 Å². The second-order valence-corrected chi connectivity index (χ2v) is 25.5. The van der Waals surface area contributed by atoms with E-state index in [0.717, 1.165) is 103 Å². The highest BCUT2D eigenvalue weighted by atomic mass is 16.6. The second kappa shape index (κ2) is 88.6. The highest BCUT2D eigenvalue weighted by Crippen LogP contribution is 2.16. The van der Waals surface area contributed by atoms with E-state index in [9.17, 15) is 19.2 Å². The van der Waals surface area contributed by atoms with Crippen LogP contribution in [0.15, 0.2) is 48.6 Å². The van der Waals surface area contributed by atoms with Crippen molar-refractivity contribution in [3.63, 3.8) is 0 Å². The molecule has 0 aliphatic rings. The van der Waals surface area contributed by atoms with E-state index >= 15 is 0 Å². The molecule has 4 atom stereocenters. The van der Waals surface area contributed by atoms with Crippen molar-refractivity contribution in [3.8, 4) is 0 Å². The monoisotopic (exact) mass is 1350 g/mol. The Morgan fingerprint density at radius 2 is 0.400 bits per heavy atom. The van der Waals surface area contributed by atoms with Gasteiger partial charge in [-0.3, -0.25) is 19.2 Å². The summed E-state index contributed by atoms with van der Waals surface area (Å²) in [5.74, 6) is -0.704. The first-order valence-corrected chi connectivity index (χ1v) is 39.0. The van der Waals surface area contributed by atoms with Crippen molar-refractivity contribution in [1.82, 2.24) is 0 Å². The highest BCUT2D eigenvalue weighted by molar-refractivity contribution is 5.70. The molecule has 14 nitrogen and oxygen atoms in total. The van der Waals surface area contributed by atoms with Crippen molar-refractivity contribution in [2.24, 2.45) is 0 Å². The zero-order chi connectivity index (χ0) is 70.1. The van der Waals surface area contributed by atoms with E-state index in [4.69, 9.17) is 49.6 Å². The van der Waals surface area contributed by atoms with Crippen LogP contribution in [0, 0.1) is 0 Å². The predicted octanol–water partition coefficient (Wildman–Crippen LogP) is 20.8. The molecule has 14 heteroatoms. The van der Waals surface area contributed by atoms with Gasteiger partial charge in [0.15, 0.2) is 0 Å². The number of aliphatic hydroxyl groups is 6. The Morgan fingerprint density at radius 1 is 0.242 bits per heavy atom. The van der Waals surface area contributed by atoms with Crippen LogP contribution in [0.2, 0.25) is 0 Å². The van der Waals surface area contributed by atoms with Crippen LogP contribution in [-0.2, 0) is 38.1 Å². The van der Waals surface area contributed by atoms with Gasteiger partial charge in [0.2, 0.25) is 0 Å². The molecule has 0 aromatic rings. The van der Waals surface area contributed by atoms with Crippen molar-refractivity contribution in [2.75, 3.05) is 39.6 Å². The number of carbonyl (C=O) groups is 4. The molecule has 4 unspecified atom stereocenters. The molecule has 0 aromatic heterocycles. The Kier molecular flexibility index (Phi) is 93.5. The van der Waals surface area contributed by atoms with E-state index in [1.807, 2.05) is 27.7 Å². The molecule has 95 heavy (non-hydrogen) atoms.